The van der Waals surface area contributed by atoms with Crippen LogP contribution in [0.1, 0.15) is 12.8 Å². The predicted octanol–water partition coefficient (Wildman–Crippen LogP) is -6.24. The van der Waals surface area contributed by atoms with Gasteiger partial charge in [-0.25, -0.2) is 0 Å². The second kappa shape index (κ2) is 23.0. The Labute approximate surface area is 78.3 Å². The van der Waals surface area contributed by atoms with Gasteiger partial charge >= 0.3 is 17.1 Å². The van der Waals surface area contributed by atoms with Gasteiger partial charge in [-0.2, -0.15) is 0 Å². The summed E-state index contributed by atoms with van der Waals surface area (Å²) in [6.07, 6.45) is 1.44. The van der Waals surface area contributed by atoms with Crippen LogP contribution in [-0.4, -0.2) is 23.4 Å². The van der Waals surface area contributed by atoms with Crippen LogP contribution in [-0.2, 0) is 17.1 Å². The van der Waals surface area contributed by atoms with E-state index in [0.717, 1.165) is 12.8 Å². The van der Waals surface area contributed by atoms with Crippen molar-refractivity contribution in [2.45, 2.75) is 12.8 Å². The van der Waals surface area contributed by atoms with Gasteiger partial charge in [-0.3, -0.25) is 0 Å². The minimum Gasteiger partial charge on any atom is -1.00 e. The van der Waals surface area contributed by atoms with Crippen molar-refractivity contribution in [2.24, 2.45) is 0 Å². The first kappa shape index (κ1) is 22.5. The number of aliphatic hydroxyl groups is 2. The van der Waals surface area contributed by atoms with Crippen molar-refractivity contribution < 1.29 is 52.1 Å². The second-order valence-corrected chi connectivity index (χ2v) is 1.15. The molecule has 60 valence electrons. The molecule has 0 spiro atoms. The average Bonchev–Trinajstić information content (AvgIpc) is 1.61. The van der Waals surface area contributed by atoms with Crippen LogP contribution in [0.3, 0.4) is 0 Å². The molecule has 0 aliphatic heterocycles. The monoisotopic (exact) mass is 216 g/mol. The van der Waals surface area contributed by atoms with Gasteiger partial charge < -0.3 is 35.0 Å². The quantitative estimate of drug-likeness (QED) is 0.364. The van der Waals surface area contributed by atoms with Gasteiger partial charge in [0.25, 0.3) is 0 Å². The van der Waals surface area contributed by atoms with E-state index in [-0.39, 0.29) is 55.1 Å². The number of halogens is 2. The van der Waals surface area contributed by atoms with E-state index in [1.165, 1.54) is 0 Å². The Morgan fingerprint density at radius 3 is 1.11 bits per heavy atom. The zero-order chi connectivity index (χ0) is 4.83. The summed E-state index contributed by atoms with van der Waals surface area (Å²) in [4.78, 5) is 0. The van der Waals surface area contributed by atoms with Crippen LogP contribution in [0.15, 0.2) is 0 Å². The van der Waals surface area contributed by atoms with Gasteiger partial charge in [-0.1, -0.05) is 0 Å². The summed E-state index contributed by atoms with van der Waals surface area (Å²) in [5.41, 5.74) is 0. The fourth-order valence-corrected chi connectivity index (χ4v) is 0.224. The average molecular weight is 217 g/mol. The Hall–Kier alpha value is 1.02. The summed E-state index contributed by atoms with van der Waals surface area (Å²) in [7, 11) is 0. The zero-order valence-electron chi connectivity index (χ0n) is 4.83. The number of aliphatic hydroxyl groups excluding tert-OH is 2. The van der Waals surface area contributed by atoms with Gasteiger partial charge in [-0.05, 0) is 12.8 Å². The molecule has 0 aromatic carbocycles. The number of hydrogen-bond acceptors (Lipinski definition) is 2. The van der Waals surface area contributed by atoms with Gasteiger partial charge in [0, 0.05) is 13.2 Å². The fraction of sp³-hybridized carbons (Fsp3) is 1.00. The topological polar surface area (TPSA) is 40.5 Å². The summed E-state index contributed by atoms with van der Waals surface area (Å²) in [6, 6.07) is 0. The molecule has 9 heavy (non-hydrogen) atoms. The normalized spacial score (nSPS) is 6.00. The first-order chi connectivity index (χ1) is 2.91. The van der Waals surface area contributed by atoms with Gasteiger partial charge in [-0.15, -0.1) is 0 Å². The third-order valence-corrected chi connectivity index (χ3v) is 0.566. The SMILES string of the molecule is OCCCCO.[Cl-].[Cl-].[Fe+2]. The van der Waals surface area contributed by atoms with E-state index in [0.29, 0.717) is 0 Å². The summed E-state index contributed by atoms with van der Waals surface area (Å²) in [5.74, 6) is 0. The molecule has 0 radical (unpaired) electrons. The molecule has 0 rings (SSSR count). The number of rotatable bonds is 3. The molecular formula is C4H10Cl2FeO2. The van der Waals surface area contributed by atoms with Crippen molar-refractivity contribution in [3.05, 3.63) is 0 Å². The van der Waals surface area contributed by atoms with Crippen molar-refractivity contribution in [1.82, 2.24) is 0 Å². The number of hydrogen-bond donors (Lipinski definition) is 2. The molecule has 5 heteroatoms. The van der Waals surface area contributed by atoms with E-state index in [4.69, 9.17) is 10.2 Å². The third-order valence-electron chi connectivity index (χ3n) is 0.566. The fourth-order valence-electron chi connectivity index (χ4n) is 0.224. The van der Waals surface area contributed by atoms with Crippen molar-refractivity contribution in [2.75, 3.05) is 13.2 Å². The molecule has 0 heterocycles. The molecule has 0 aliphatic rings. The van der Waals surface area contributed by atoms with E-state index in [2.05, 4.69) is 0 Å². The van der Waals surface area contributed by atoms with Crippen LogP contribution in [0, 0.1) is 0 Å². The van der Waals surface area contributed by atoms with Gasteiger partial charge in [0.1, 0.15) is 0 Å². The second-order valence-electron chi connectivity index (χ2n) is 1.15. The van der Waals surface area contributed by atoms with E-state index in [1.807, 2.05) is 0 Å². The Balaban J connectivity index is -0.0000000417. The van der Waals surface area contributed by atoms with Crippen LogP contribution in [0.25, 0.3) is 0 Å². The predicted molar refractivity (Wildman–Crippen MR) is 23.4 cm³/mol. The maximum atomic E-state index is 8.09. The molecule has 0 saturated heterocycles. The molecule has 0 unspecified atom stereocenters. The van der Waals surface area contributed by atoms with Crippen molar-refractivity contribution in [3.63, 3.8) is 0 Å². The van der Waals surface area contributed by atoms with Crippen LogP contribution in [0.5, 0.6) is 0 Å². The molecule has 2 N–H and O–H groups in total. The van der Waals surface area contributed by atoms with E-state index < -0.39 is 0 Å². The minimum atomic E-state index is 0. The molecule has 0 saturated carbocycles. The maximum absolute atomic E-state index is 8.09. The van der Waals surface area contributed by atoms with Crippen LogP contribution < -0.4 is 24.8 Å². The molecule has 0 aromatic rings. The molecule has 0 fully saturated rings. The van der Waals surface area contributed by atoms with Crippen LogP contribution in [0.2, 0.25) is 0 Å². The van der Waals surface area contributed by atoms with E-state index in [1.54, 1.807) is 0 Å². The standard InChI is InChI=1S/C4H10O2.2ClH.Fe/c5-3-1-2-4-6;;;/h5-6H,1-4H2;2*1H;/q;;;+2/p-2. The summed E-state index contributed by atoms with van der Waals surface area (Å²) in [6.45, 7) is 0.390. The van der Waals surface area contributed by atoms with Crippen LogP contribution in [0.4, 0.5) is 0 Å². The maximum Gasteiger partial charge on any atom is 2.00 e. The summed E-state index contributed by atoms with van der Waals surface area (Å²) in [5, 5.41) is 16.2. The summed E-state index contributed by atoms with van der Waals surface area (Å²) < 4.78 is 0. The largest absolute Gasteiger partial charge is 2.00 e. The smallest absolute Gasteiger partial charge is 1.00 e. The molecule has 0 amide bonds. The van der Waals surface area contributed by atoms with Crippen molar-refractivity contribution >= 4 is 0 Å². The van der Waals surface area contributed by atoms with E-state index >= 15 is 0 Å². The van der Waals surface area contributed by atoms with Crippen molar-refractivity contribution in [3.8, 4) is 0 Å². The van der Waals surface area contributed by atoms with Crippen LogP contribution >= 0.6 is 0 Å². The molecule has 0 bridgehead atoms. The van der Waals surface area contributed by atoms with E-state index in [9.17, 15) is 0 Å². The molecular weight excluding hydrogens is 207 g/mol. The van der Waals surface area contributed by atoms with Crippen molar-refractivity contribution in [1.29, 1.82) is 0 Å². The first-order valence-corrected chi connectivity index (χ1v) is 2.13. The Morgan fingerprint density at radius 1 is 0.778 bits per heavy atom. The summed E-state index contributed by atoms with van der Waals surface area (Å²) >= 11 is 0. The molecule has 0 atom stereocenters. The third kappa shape index (κ3) is 27.5. The molecule has 0 aliphatic carbocycles. The molecule has 2 nitrogen and oxygen atoms in total. The Kier molecular flexibility index (Phi) is 57.5. The zero-order valence-corrected chi connectivity index (χ0v) is 7.45. The molecule has 0 aromatic heterocycles. The van der Waals surface area contributed by atoms with Gasteiger partial charge in [0.05, 0.1) is 0 Å². The number of unbranched alkanes of at least 4 members (excludes halogenated alkanes) is 1. The van der Waals surface area contributed by atoms with Gasteiger partial charge in [0.15, 0.2) is 0 Å². The first-order valence-electron chi connectivity index (χ1n) is 2.13. The Morgan fingerprint density at radius 2 is 1.00 bits per heavy atom. The van der Waals surface area contributed by atoms with Gasteiger partial charge in [0.2, 0.25) is 0 Å². The Bertz CT molecular complexity index is 28.5. The minimum absolute atomic E-state index is 0.